The summed E-state index contributed by atoms with van der Waals surface area (Å²) in [5.41, 5.74) is 2.37. The molecule has 0 amide bonds. The lowest BCUT2D eigenvalue weighted by Crippen LogP contribution is -2.52. The Hall–Kier alpha value is -1.95. The summed E-state index contributed by atoms with van der Waals surface area (Å²) < 4.78 is 23.2. The highest BCUT2D eigenvalue weighted by molar-refractivity contribution is 6.30. The first kappa shape index (κ1) is 17.2. The smallest absolute Gasteiger partial charge is 0.231 e. The van der Waals surface area contributed by atoms with Gasteiger partial charge in [0.2, 0.25) is 6.79 Å². The normalized spacial score (nSPS) is 27.1. The van der Waals surface area contributed by atoms with Gasteiger partial charge in [0.05, 0.1) is 13.2 Å². The molecule has 5 rings (SSSR count). The van der Waals surface area contributed by atoms with Gasteiger partial charge in [0.1, 0.15) is 5.75 Å². The van der Waals surface area contributed by atoms with Crippen LogP contribution in [0.1, 0.15) is 24.0 Å². The number of benzene rings is 2. The molecule has 1 saturated heterocycles. The van der Waals surface area contributed by atoms with Crippen LogP contribution in [0, 0.1) is 5.92 Å². The highest BCUT2D eigenvalue weighted by Crippen LogP contribution is 2.49. The van der Waals surface area contributed by atoms with Gasteiger partial charge in [0, 0.05) is 41.6 Å². The van der Waals surface area contributed by atoms with Gasteiger partial charge in [-0.3, -0.25) is 4.90 Å². The summed E-state index contributed by atoms with van der Waals surface area (Å²) in [6, 6.07) is 12.2. The van der Waals surface area contributed by atoms with Gasteiger partial charge in [-0.2, -0.15) is 0 Å². The number of morpholine rings is 1. The minimum absolute atomic E-state index is 0.0116. The van der Waals surface area contributed by atoms with Gasteiger partial charge >= 0.3 is 0 Å². The van der Waals surface area contributed by atoms with E-state index in [0.717, 1.165) is 54.1 Å². The minimum Gasteiger partial charge on any atom is -0.474 e. The standard InChI is InChI=1S/C21H22ClNO4/c1-13-20(14-2-4-15(22)5-3-14)16-10-18-19(26-12-25-18)11-17(16)27-21(13)23-6-8-24-9-7-23/h2-5,10-11,13,20-21H,6-9,12H2,1H3/t13-,20-,21-/m0/s1. The van der Waals surface area contributed by atoms with Crippen LogP contribution in [0.15, 0.2) is 36.4 Å². The second kappa shape index (κ2) is 6.89. The maximum atomic E-state index is 6.49. The Labute approximate surface area is 163 Å². The first-order valence-electron chi connectivity index (χ1n) is 9.38. The topological polar surface area (TPSA) is 40.2 Å². The van der Waals surface area contributed by atoms with E-state index >= 15 is 0 Å². The zero-order valence-corrected chi connectivity index (χ0v) is 15.9. The quantitative estimate of drug-likeness (QED) is 0.781. The molecule has 0 unspecified atom stereocenters. The maximum absolute atomic E-state index is 6.49. The lowest BCUT2D eigenvalue weighted by atomic mass is 9.78. The summed E-state index contributed by atoms with van der Waals surface area (Å²) in [6.07, 6.45) is -0.0116. The Morgan fingerprint density at radius 2 is 1.67 bits per heavy atom. The number of nitrogens with zero attached hydrogens (tertiary/aromatic N) is 1. The maximum Gasteiger partial charge on any atom is 0.231 e. The van der Waals surface area contributed by atoms with E-state index < -0.39 is 0 Å². The molecule has 0 radical (unpaired) electrons. The second-order valence-electron chi connectivity index (χ2n) is 7.29. The van der Waals surface area contributed by atoms with Crippen LogP contribution in [0.3, 0.4) is 0 Å². The summed E-state index contributed by atoms with van der Waals surface area (Å²) >= 11 is 6.13. The van der Waals surface area contributed by atoms with Gasteiger partial charge in [-0.25, -0.2) is 0 Å². The van der Waals surface area contributed by atoms with E-state index in [0.29, 0.717) is 0 Å². The molecule has 3 aliphatic rings. The Morgan fingerprint density at radius 3 is 2.41 bits per heavy atom. The van der Waals surface area contributed by atoms with Gasteiger partial charge < -0.3 is 18.9 Å². The second-order valence-corrected chi connectivity index (χ2v) is 7.72. The summed E-state index contributed by atoms with van der Waals surface area (Å²) in [7, 11) is 0. The van der Waals surface area contributed by atoms with Gasteiger partial charge in [0.25, 0.3) is 0 Å². The van der Waals surface area contributed by atoms with Gasteiger partial charge in [-0.15, -0.1) is 0 Å². The Morgan fingerprint density at radius 1 is 0.963 bits per heavy atom. The van der Waals surface area contributed by atoms with Crippen molar-refractivity contribution in [3.8, 4) is 17.2 Å². The summed E-state index contributed by atoms with van der Waals surface area (Å²) in [5, 5.41) is 0.745. The SMILES string of the molecule is C[C@H]1[C@@H](c2ccc(Cl)cc2)c2cc3c(cc2O[C@@H]1N1CCOCC1)OCO3. The number of hydrogen-bond donors (Lipinski definition) is 0. The van der Waals surface area contributed by atoms with Crippen molar-refractivity contribution in [1.29, 1.82) is 0 Å². The van der Waals surface area contributed by atoms with Crippen LogP contribution in [0.4, 0.5) is 0 Å². The molecule has 3 atom stereocenters. The number of fused-ring (bicyclic) bond motifs is 2. The molecule has 1 fully saturated rings. The van der Waals surface area contributed by atoms with E-state index in [-0.39, 0.29) is 24.9 Å². The monoisotopic (exact) mass is 387 g/mol. The fraction of sp³-hybridized carbons (Fsp3) is 0.429. The van der Waals surface area contributed by atoms with Crippen molar-refractivity contribution in [3.63, 3.8) is 0 Å². The molecule has 2 aromatic carbocycles. The molecule has 5 nitrogen and oxygen atoms in total. The Bertz CT molecular complexity index is 835. The molecule has 0 aromatic heterocycles. The molecule has 0 spiro atoms. The van der Waals surface area contributed by atoms with Crippen LogP contribution < -0.4 is 14.2 Å². The molecule has 0 bridgehead atoms. The molecule has 0 saturated carbocycles. The summed E-state index contributed by atoms with van der Waals surface area (Å²) in [4.78, 5) is 2.38. The van der Waals surface area contributed by atoms with E-state index in [1.165, 1.54) is 5.56 Å². The van der Waals surface area contributed by atoms with Gasteiger partial charge in [-0.05, 0) is 23.8 Å². The van der Waals surface area contributed by atoms with E-state index in [1.54, 1.807) is 0 Å². The largest absolute Gasteiger partial charge is 0.474 e. The Balaban J connectivity index is 1.59. The van der Waals surface area contributed by atoms with Crippen LogP contribution in [0.5, 0.6) is 17.2 Å². The van der Waals surface area contributed by atoms with Crippen LogP contribution in [0.2, 0.25) is 5.02 Å². The highest BCUT2D eigenvalue weighted by Gasteiger charge is 2.41. The van der Waals surface area contributed by atoms with Crippen molar-refractivity contribution in [2.24, 2.45) is 5.92 Å². The number of rotatable bonds is 2. The molecule has 142 valence electrons. The first-order chi connectivity index (χ1) is 13.2. The summed E-state index contributed by atoms with van der Waals surface area (Å²) in [5.74, 6) is 2.85. The number of halogens is 1. The van der Waals surface area contributed by atoms with Crippen molar-refractivity contribution >= 4 is 11.6 Å². The van der Waals surface area contributed by atoms with Crippen molar-refractivity contribution < 1.29 is 18.9 Å². The third kappa shape index (κ3) is 3.04. The number of hydrogen-bond acceptors (Lipinski definition) is 5. The van der Waals surface area contributed by atoms with Crippen LogP contribution in [-0.4, -0.2) is 44.2 Å². The third-order valence-corrected chi connectivity index (χ3v) is 5.95. The van der Waals surface area contributed by atoms with E-state index in [9.17, 15) is 0 Å². The van der Waals surface area contributed by atoms with Crippen molar-refractivity contribution in [2.45, 2.75) is 19.1 Å². The average Bonchev–Trinajstić information content (AvgIpc) is 3.15. The lowest BCUT2D eigenvalue weighted by molar-refractivity contribution is -0.0784. The van der Waals surface area contributed by atoms with Crippen LogP contribution in [-0.2, 0) is 4.74 Å². The van der Waals surface area contributed by atoms with Crippen molar-refractivity contribution in [2.75, 3.05) is 33.1 Å². The fourth-order valence-corrected chi connectivity index (χ4v) is 4.49. The van der Waals surface area contributed by atoms with Gasteiger partial charge in [0.15, 0.2) is 17.7 Å². The molecular weight excluding hydrogens is 366 g/mol. The predicted molar refractivity (Wildman–Crippen MR) is 102 cm³/mol. The molecule has 0 aliphatic carbocycles. The van der Waals surface area contributed by atoms with E-state index in [1.807, 2.05) is 18.2 Å². The molecule has 27 heavy (non-hydrogen) atoms. The number of ether oxygens (including phenoxy) is 4. The van der Waals surface area contributed by atoms with Crippen molar-refractivity contribution in [3.05, 3.63) is 52.5 Å². The fourth-order valence-electron chi connectivity index (χ4n) is 4.36. The highest BCUT2D eigenvalue weighted by atomic mass is 35.5. The average molecular weight is 388 g/mol. The Kier molecular flexibility index (Phi) is 4.38. The molecular formula is C21H22ClNO4. The van der Waals surface area contributed by atoms with Crippen LogP contribution >= 0.6 is 11.6 Å². The molecule has 3 heterocycles. The molecule has 0 N–H and O–H groups in total. The minimum atomic E-state index is -0.0116. The molecule has 3 aliphatic heterocycles. The summed E-state index contributed by atoms with van der Waals surface area (Å²) in [6.45, 7) is 5.75. The van der Waals surface area contributed by atoms with E-state index in [2.05, 4.69) is 30.0 Å². The van der Waals surface area contributed by atoms with Crippen molar-refractivity contribution in [1.82, 2.24) is 4.90 Å². The first-order valence-corrected chi connectivity index (χ1v) is 9.76. The van der Waals surface area contributed by atoms with Gasteiger partial charge in [-0.1, -0.05) is 30.7 Å². The zero-order chi connectivity index (χ0) is 18.4. The van der Waals surface area contributed by atoms with Crippen LogP contribution in [0.25, 0.3) is 0 Å². The predicted octanol–water partition coefficient (Wildman–Crippen LogP) is 3.89. The van der Waals surface area contributed by atoms with E-state index in [4.69, 9.17) is 30.5 Å². The molecule has 2 aromatic rings. The zero-order valence-electron chi connectivity index (χ0n) is 15.2. The lowest BCUT2D eigenvalue weighted by Gasteiger charge is -2.44. The third-order valence-electron chi connectivity index (χ3n) is 5.70. The molecule has 6 heteroatoms.